The average Bonchev–Trinajstić information content (AvgIpc) is 2.56. The van der Waals surface area contributed by atoms with Gasteiger partial charge in [-0.25, -0.2) is 0 Å². The van der Waals surface area contributed by atoms with Gasteiger partial charge in [-0.05, 0) is 18.8 Å². The lowest BCUT2D eigenvalue weighted by atomic mass is 9.96. The zero-order chi connectivity index (χ0) is 14.5. The zero-order valence-electron chi connectivity index (χ0n) is 12.8. The molecular formula is C15H27N3O3. The van der Waals surface area contributed by atoms with Gasteiger partial charge < -0.3 is 19.7 Å². The third-order valence-electron chi connectivity index (χ3n) is 4.65. The minimum absolute atomic E-state index is 0.175. The zero-order valence-corrected chi connectivity index (χ0v) is 12.8. The first-order valence-electron chi connectivity index (χ1n) is 8.24. The van der Waals surface area contributed by atoms with Gasteiger partial charge in [0.1, 0.15) is 6.10 Å². The molecule has 0 radical (unpaired) electrons. The first-order valence-corrected chi connectivity index (χ1v) is 8.24. The fourth-order valence-electron chi connectivity index (χ4n) is 3.49. The van der Waals surface area contributed by atoms with Crippen molar-refractivity contribution in [2.75, 3.05) is 65.6 Å². The molecule has 21 heavy (non-hydrogen) atoms. The van der Waals surface area contributed by atoms with Crippen LogP contribution in [-0.4, -0.2) is 87.4 Å². The maximum Gasteiger partial charge on any atom is 0.253 e. The second-order valence-electron chi connectivity index (χ2n) is 6.27. The molecule has 120 valence electrons. The molecule has 3 saturated heterocycles. The number of morpholine rings is 2. The summed E-state index contributed by atoms with van der Waals surface area (Å²) in [5.41, 5.74) is 0. The van der Waals surface area contributed by atoms with E-state index in [9.17, 15) is 4.79 Å². The minimum Gasteiger partial charge on any atom is -0.379 e. The summed E-state index contributed by atoms with van der Waals surface area (Å²) in [6.07, 6.45) is 2.06. The first-order chi connectivity index (χ1) is 10.3. The van der Waals surface area contributed by atoms with Crippen molar-refractivity contribution in [2.45, 2.75) is 18.9 Å². The van der Waals surface area contributed by atoms with Crippen LogP contribution in [0.2, 0.25) is 0 Å². The number of carbonyl (C=O) groups excluding carboxylic acids is 1. The van der Waals surface area contributed by atoms with Gasteiger partial charge >= 0.3 is 0 Å². The van der Waals surface area contributed by atoms with Gasteiger partial charge in [0.05, 0.1) is 19.8 Å². The maximum absolute atomic E-state index is 12.5. The maximum atomic E-state index is 12.5. The summed E-state index contributed by atoms with van der Waals surface area (Å²) in [4.78, 5) is 17.0. The van der Waals surface area contributed by atoms with E-state index >= 15 is 0 Å². The number of hydrogen-bond donors (Lipinski definition) is 1. The van der Waals surface area contributed by atoms with E-state index in [1.54, 1.807) is 0 Å². The van der Waals surface area contributed by atoms with Crippen molar-refractivity contribution in [3.63, 3.8) is 0 Å². The molecule has 3 fully saturated rings. The van der Waals surface area contributed by atoms with Crippen molar-refractivity contribution in [3.8, 4) is 0 Å². The number of hydrogen-bond acceptors (Lipinski definition) is 5. The molecule has 1 amide bonds. The molecule has 6 nitrogen and oxygen atoms in total. The van der Waals surface area contributed by atoms with Crippen LogP contribution < -0.4 is 5.32 Å². The van der Waals surface area contributed by atoms with E-state index in [0.29, 0.717) is 19.1 Å². The third kappa shape index (κ3) is 4.16. The molecule has 0 aliphatic carbocycles. The van der Waals surface area contributed by atoms with E-state index in [1.165, 1.54) is 6.42 Å². The standard InChI is InChI=1S/C15H27N3O3/c19-15(14-10-16-3-7-21-14)18-4-1-2-13(12-18)11-17-5-8-20-9-6-17/h13-14,16H,1-12H2. The highest BCUT2D eigenvalue weighted by Gasteiger charge is 2.31. The topological polar surface area (TPSA) is 54.0 Å². The Morgan fingerprint density at radius 2 is 2.05 bits per heavy atom. The summed E-state index contributed by atoms with van der Waals surface area (Å²) in [5.74, 6) is 0.770. The van der Waals surface area contributed by atoms with E-state index in [0.717, 1.165) is 58.9 Å². The van der Waals surface area contributed by atoms with Gasteiger partial charge in [0.25, 0.3) is 5.91 Å². The first kappa shape index (κ1) is 15.2. The van der Waals surface area contributed by atoms with E-state index in [2.05, 4.69) is 10.2 Å². The molecule has 2 atom stereocenters. The Morgan fingerprint density at radius 1 is 1.19 bits per heavy atom. The number of piperidine rings is 1. The van der Waals surface area contributed by atoms with Crippen molar-refractivity contribution < 1.29 is 14.3 Å². The number of nitrogens with zero attached hydrogens (tertiary/aromatic N) is 2. The molecule has 6 heteroatoms. The monoisotopic (exact) mass is 297 g/mol. The Morgan fingerprint density at radius 3 is 2.81 bits per heavy atom. The SMILES string of the molecule is O=C(C1CNCCO1)N1CCCC(CN2CCOCC2)C1. The summed E-state index contributed by atoms with van der Waals surface area (Å²) in [5, 5.41) is 3.24. The summed E-state index contributed by atoms with van der Waals surface area (Å²) >= 11 is 0. The summed E-state index contributed by atoms with van der Waals surface area (Å²) in [6, 6.07) is 0. The van der Waals surface area contributed by atoms with Gasteiger partial charge in [0.15, 0.2) is 0 Å². The summed E-state index contributed by atoms with van der Waals surface area (Å²) in [7, 11) is 0. The molecule has 0 aromatic heterocycles. The van der Waals surface area contributed by atoms with Crippen molar-refractivity contribution in [1.82, 2.24) is 15.1 Å². The van der Waals surface area contributed by atoms with Crippen molar-refractivity contribution in [3.05, 3.63) is 0 Å². The van der Waals surface area contributed by atoms with Crippen LogP contribution in [0.1, 0.15) is 12.8 Å². The van der Waals surface area contributed by atoms with Crippen LogP contribution in [0.25, 0.3) is 0 Å². The molecule has 2 unspecified atom stereocenters. The molecule has 3 aliphatic heterocycles. The second-order valence-corrected chi connectivity index (χ2v) is 6.27. The normalized spacial score (nSPS) is 32.1. The summed E-state index contributed by atoms with van der Waals surface area (Å²) < 4.78 is 11.0. The Balaban J connectivity index is 1.48. The van der Waals surface area contributed by atoms with Crippen molar-refractivity contribution >= 4 is 5.91 Å². The molecule has 0 spiro atoms. The van der Waals surface area contributed by atoms with Crippen molar-refractivity contribution in [2.24, 2.45) is 5.92 Å². The molecule has 1 N–H and O–H groups in total. The van der Waals surface area contributed by atoms with Crippen LogP contribution in [0.5, 0.6) is 0 Å². The summed E-state index contributed by atoms with van der Waals surface area (Å²) in [6.45, 7) is 8.76. The van der Waals surface area contributed by atoms with Gasteiger partial charge in [-0.3, -0.25) is 9.69 Å². The van der Waals surface area contributed by atoms with E-state index < -0.39 is 0 Å². The number of likely N-dealkylation sites (tertiary alicyclic amines) is 1. The minimum atomic E-state index is -0.277. The quantitative estimate of drug-likeness (QED) is 0.764. The molecule has 3 aliphatic rings. The highest BCUT2D eigenvalue weighted by atomic mass is 16.5. The lowest BCUT2D eigenvalue weighted by Crippen LogP contribution is -2.53. The highest BCUT2D eigenvalue weighted by molar-refractivity contribution is 5.81. The average molecular weight is 297 g/mol. The lowest BCUT2D eigenvalue weighted by molar-refractivity contribution is -0.147. The molecular weight excluding hydrogens is 270 g/mol. The third-order valence-corrected chi connectivity index (χ3v) is 4.65. The molecule has 3 rings (SSSR count). The van der Waals surface area contributed by atoms with Gasteiger partial charge in [0, 0.05) is 45.8 Å². The van der Waals surface area contributed by atoms with Crippen molar-refractivity contribution in [1.29, 1.82) is 0 Å². The van der Waals surface area contributed by atoms with Gasteiger partial charge in [0.2, 0.25) is 0 Å². The van der Waals surface area contributed by atoms with E-state index in [1.807, 2.05) is 4.90 Å². The number of carbonyl (C=O) groups is 1. The van der Waals surface area contributed by atoms with Gasteiger partial charge in [-0.1, -0.05) is 0 Å². The number of rotatable bonds is 3. The van der Waals surface area contributed by atoms with Gasteiger partial charge in [-0.2, -0.15) is 0 Å². The number of nitrogens with one attached hydrogen (secondary N) is 1. The van der Waals surface area contributed by atoms with E-state index in [-0.39, 0.29) is 12.0 Å². The fourth-order valence-corrected chi connectivity index (χ4v) is 3.49. The number of ether oxygens (including phenoxy) is 2. The molecule has 0 bridgehead atoms. The van der Waals surface area contributed by atoms with Crippen LogP contribution in [0.3, 0.4) is 0 Å². The second kappa shape index (κ2) is 7.54. The molecule has 0 aromatic carbocycles. The predicted molar refractivity (Wildman–Crippen MR) is 79.2 cm³/mol. The molecule has 0 saturated carbocycles. The van der Waals surface area contributed by atoms with Crippen LogP contribution in [-0.2, 0) is 14.3 Å². The Kier molecular flexibility index (Phi) is 5.46. The van der Waals surface area contributed by atoms with E-state index in [4.69, 9.17) is 9.47 Å². The Labute approximate surface area is 126 Å². The fraction of sp³-hybridized carbons (Fsp3) is 0.933. The van der Waals surface area contributed by atoms with Crippen LogP contribution >= 0.6 is 0 Å². The van der Waals surface area contributed by atoms with Gasteiger partial charge in [-0.15, -0.1) is 0 Å². The smallest absolute Gasteiger partial charge is 0.253 e. The largest absolute Gasteiger partial charge is 0.379 e. The van der Waals surface area contributed by atoms with Crippen LogP contribution in [0.15, 0.2) is 0 Å². The molecule has 3 heterocycles. The molecule has 0 aromatic rings. The van der Waals surface area contributed by atoms with Crippen LogP contribution in [0.4, 0.5) is 0 Å². The Bertz CT molecular complexity index is 341. The Hall–Kier alpha value is -0.690. The highest BCUT2D eigenvalue weighted by Crippen LogP contribution is 2.19. The predicted octanol–water partition coefficient (Wildman–Crippen LogP) is -0.454. The number of amides is 1. The lowest BCUT2D eigenvalue weighted by Gasteiger charge is -2.38. The van der Waals surface area contributed by atoms with Crippen LogP contribution in [0, 0.1) is 5.92 Å².